The van der Waals surface area contributed by atoms with Crippen LogP contribution in [0.25, 0.3) is 5.69 Å². The van der Waals surface area contributed by atoms with Crippen LogP contribution in [-0.2, 0) is 12.8 Å². The monoisotopic (exact) mass is 314 g/mol. The quantitative estimate of drug-likeness (QED) is 0.915. The van der Waals surface area contributed by atoms with Crippen LogP contribution in [0.15, 0.2) is 24.3 Å². The fourth-order valence-electron chi connectivity index (χ4n) is 3.45. The smallest absolute Gasteiger partial charge is 0.274 e. The molecule has 1 amide bonds. The summed E-state index contributed by atoms with van der Waals surface area (Å²) in [4.78, 5) is 14.7. The molecule has 0 atom stereocenters. The zero-order chi connectivity index (χ0) is 15.8. The molecule has 1 aliphatic heterocycles. The van der Waals surface area contributed by atoms with Crippen LogP contribution in [-0.4, -0.2) is 46.8 Å². The number of carbonyl (C=O) groups excluding carboxylic acids is 1. The van der Waals surface area contributed by atoms with E-state index in [2.05, 4.69) is 10.4 Å². The highest BCUT2D eigenvalue weighted by molar-refractivity contribution is 5.94. The number of halogens is 1. The molecule has 1 N–H and O–H groups in total. The first-order valence-corrected chi connectivity index (χ1v) is 8.11. The lowest BCUT2D eigenvalue weighted by atomic mass is 10.1. The van der Waals surface area contributed by atoms with E-state index in [-0.39, 0.29) is 11.7 Å². The maximum Gasteiger partial charge on any atom is 0.274 e. The Morgan fingerprint density at radius 2 is 1.96 bits per heavy atom. The Morgan fingerprint density at radius 3 is 2.74 bits per heavy atom. The van der Waals surface area contributed by atoms with Crippen molar-refractivity contribution in [3.63, 3.8) is 0 Å². The zero-order valence-electron chi connectivity index (χ0n) is 12.9. The molecular weight excluding hydrogens is 295 g/mol. The number of benzene rings is 1. The molecular formula is C17H19FN4O. The molecule has 5 nitrogen and oxygen atoms in total. The second-order valence-electron chi connectivity index (χ2n) is 6.03. The lowest BCUT2D eigenvalue weighted by molar-refractivity contribution is 0.0728. The lowest BCUT2D eigenvalue weighted by Crippen LogP contribution is -2.46. The van der Waals surface area contributed by atoms with Crippen molar-refractivity contribution in [2.24, 2.45) is 0 Å². The third-order valence-electron chi connectivity index (χ3n) is 4.62. The average molecular weight is 314 g/mol. The highest BCUT2D eigenvalue weighted by atomic mass is 19.1. The summed E-state index contributed by atoms with van der Waals surface area (Å²) in [6.45, 7) is 3.00. The van der Waals surface area contributed by atoms with Gasteiger partial charge in [-0.3, -0.25) is 4.79 Å². The Labute approximate surface area is 134 Å². The van der Waals surface area contributed by atoms with Crippen molar-refractivity contribution in [3.8, 4) is 5.69 Å². The predicted octanol–water partition coefficient (Wildman–Crippen LogP) is 1.55. The van der Waals surface area contributed by atoms with E-state index < -0.39 is 0 Å². The molecule has 2 aromatic rings. The zero-order valence-corrected chi connectivity index (χ0v) is 12.9. The van der Waals surface area contributed by atoms with Gasteiger partial charge in [-0.2, -0.15) is 5.10 Å². The van der Waals surface area contributed by atoms with E-state index in [1.165, 1.54) is 6.07 Å². The van der Waals surface area contributed by atoms with Crippen LogP contribution >= 0.6 is 0 Å². The largest absolute Gasteiger partial charge is 0.335 e. The molecule has 2 aliphatic rings. The first-order valence-electron chi connectivity index (χ1n) is 8.11. The number of nitrogens with zero attached hydrogens (tertiary/aromatic N) is 3. The van der Waals surface area contributed by atoms with Crippen molar-refractivity contribution in [2.75, 3.05) is 26.2 Å². The van der Waals surface area contributed by atoms with Crippen LogP contribution in [0.3, 0.4) is 0 Å². The van der Waals surface area contributed by atoms with Gasteiger partial charge in [-0.05, 0) is 31.4 Å². The normalized spacial score (nSPS) is 17.3. The number of nitrogens with one attached hydrogen (secondary N) is 1. The van der Waals surface area contributed by atoms with Gasteiger partial charge in [-0.1, -0.05) is 12.1 Å². The molecule has 1 aromatic carbocycles. The van der Waals surface area contributed by atoms with Gasteiger partial charge in [0.2, 0.25) is 0 Å². The maximum atomic E-state index is 14.1. The number of hydrogen-bond donors (Lipinski definition) is 1. The van der Waals surface area contributed by atoms with Crippen molar-refractivity contribution < 1.29 is 9.18 Å². The van der Waals surface area contributed by atoms with Gasteiger partial charge in [0.25, 0.3) is 5.91 Å². The highest BCUT2D eigenvalue weighted by Gasteiger charge is 2.30. The SMILES string of the molecule is O=C(c1nn(-c2ccccc2F)c2c1CCC2)N1CCNCC1. The fraction of sp³-hybridized carbons (Fsp3) is 0.412. The summed E-state index contributed by atoms with van der Waals surface area (Å²) in [5.41, 5.74) is 2.90. The molecule has 23 heavy (non-hydrogen) atoms. The van der Waals surface area contributed by atoms with Crippen LogP contribution in [0.2, 0.25) is 0 Å². The van der Waals surface area contributed by atoms with Gasteiger partial charge in [0.1, 0.15) is 11.5 Å². The summed E-state index contributed by atoms with van der Waals surface area (Å²) in [6.07, 6.45) is 2.67. The molecule has 0 radical (unpaired) electrons. The molecule has 0 bridgehead atoms. The van der Waals surface area contributed by atoms with E-state index in [1.54, 1.807) is 22.9 Å². The van der Waals surface area contributed by atoms with E-state index >= 15 is 0 Å². The minimum absolute atomic E-state index is 0.0280. The van der Waals surface area contributed by atoms with Gasteiger partial charge in [0, 0.05) is 37.4 Å². The second kappa shape index (κ2) is 5.77. The van der Waals surface area contributed by atoms with Crippen molar-refractivity contribution in [1.29, 1.82) is 0 Å². The van der Waals surface area contributed by atoms with Crippen molar-refractivity contribution in [1.82, 2.24) is 20.0 Å². The highest BCUT2D eigenvalue weighted by Crippen LogP contribution is 2.29. The van der Waals surface area contributed by atoms with E-state index in [9.17, 15) is 9.18 Å². The number of aromatic nitrogens is 2. The molecule has 1 fully saturated rings. The molecule has 1 saturated heterocycles. The third-order valence-corrected chi connectivity index (χ3v) is 4.62. The Bertz CT molecular complexity index is 749. The lowest BCUT2D eigenvalue weighted by Gasteiger charge is -2.26. The van der Waals surface area contributed by atoms with Crippen LogP contribution in [0.1, 0.15) is 28.2 Å². The van der Waals surface area contributed by atoms with Crippen LogP contribution in [0.5, 0.6) is 0 Å². The Balaban J connectivity index is 1.76. The molecule has 1 aromatic heterocycles. The summed E-state index contributed by atoms with van der Waals surface area (Å²) in [6, 6.07) is 6.59. The Hall–Kier alpha value is -2.21. The fourth-order valence-corrected chi connectivity index (χ4v) is 3.45. The van der Waals surface area contributed by atoms with Crippen LogP contribution in [0.4, 0.5) is 4.39 Å². The number of amides is 1. The molecule has 6 heteroatoms. The van der Waals surface area contributed by atoms with Gasteiger partial charge in [-0.25, -0.2) is 9.07 Å². The summed E-state index contributed by atoms with van der Waals surface area (Å²) in [5, 5.41) is 7.75. The number of hydrogen-bond acceptors (Lipinski definition) is 3. The molecule has 1 aliphatic carbocycles. The summed E-state index contributed by atoms with van der Waals surface area (Å²) < 4.78 is 15.8. The average Bonchev–Trinajstić information content (AvgIpc) is 3.18. The van der Waals surface area contributed by atoms with E-state index in [0.717, 1.165) is 43.6 Å². The molecule has 0 spiro atoms. The topological polar surface area (TPSA) is 50.2 Å². The number of fused-ring (bicyclic) bond motifs is 1. The number of rotatable bonds is 2. The standard InChI is InChI=1S/C17H19FN4O/c18-13-5-1-2-6-15(13)22-14-7-3-4-12(14)16(20-22)17(23)21-10-8-19-9-11-21/h1-2,5-6,19H,3-4,7-11H2. The second-order valence-corrected chi connectivity index (χ2v) is 6.03. The Morgan fingerprint density at radius 1 is 1.17 bits per heavy atom. The molecule has 120 valence electrons. The first-order chi connectivity index (χ1) is 11.3. The molecule has 0 unspecified atom stereocenters. The van der Waals surface area contributed by atoms with Crippen LogP contribution in [0, 0.1) is 5.82 Å². The Kier molecular flexibility index (Phi) is 3.61. The molecule has 2 heterocycles. The van der Waals surface area contributed by atoms with Crippen molar-refractivity contribution >= 4 is 5.91 Å². The van der Waals surface area contributed by atoms with Gasteiger partial charge in [-0.15, -0.1) is 0 Å². The first kappa shape index (κ1) is 14.4. The van der Waals surface area contributed by atoms with Gasteiger partial charge < -0.3 is 10.2 Å². The maximum absolute atomic E-state index is 14.1. The van der Waals surface area contributed by atoms with Crippen molar-refractivity contribution in [3.05, 3.63) is 47.0 Å². The molecule has 4 rings (SSSR count). The number of piperazine rings is 1. The minimum atomic E-state index is -0.314. The summed E-state index contributed by atoms with van der Waals surface area (Å²) >= 11 is 0. The van der Waals surface area contributed by atoms with Gasteiger partial charge in [0.05, 0.1) is 0 Å². The van der Waals surface area contributed by atoms with E-state index in [0.29, 0.717) is 24.5 Å². The van der Waals surface area contributed by atoms with E-state index in [4.69, 9.17) is 0 Å². The number of carbonyl (C=O) groups is 1. The number of para-hydroxylation sites is 1. The summed E-state index contributed by atoms with van der Waals surface area (Å²) in [5.74, 6) is -0.342. The van der Waals surface area contributed by atoms with Gasteiger partial charge >= 0.3 is 0 Å². The van der Waals surface area contributed by atoms with Crippen LogP contribution < -0.4 is 5.32 Å². The predicted molar refractivity (Wildman–Crippen MR) is 84.3 cm³/mol. The minimum Gasteiger partial charge on any atom is -0.335 e. The van der Waals surface area contributed by atoms with Crippen molar-refractivity contribution in [2.45, 2.75) is 19.3 Å². The summed E-state index contributed by atoms with van der Waals surface area (Å²) in [7, 11) is 0. The molecule has 0 saturated carbocycles. The third kappa shape index (κ3) is 2.43. The van der Waals surface area contributed by atoms with E-state index in [1.807, 2.05) is 4.90 Å². The van der Waals surface area contributed by atoms with Gasteiger partial charge in [0.15, 0.2) is 5.69 Å².